The molecule has 244 valence electrons. The summed E-state index contributed by atoms with van der Waals surface area (Å²) in [6.07, 6.45) is -14.9. The van der Waals surface area contributed by atoms with E-state index in [0.29, 0.717) is 5.57 Å². The van der Waals surface area contributed by atoms with Crippen LogP contribution < -0.4 is 9.47 Å². The fourth-order valence-corrected chi connectivity index (χ4v) is 5.10. The highest BCUT2D eigenvalue weighted by molar-refractivity contribution is 6.06. The molecule has 4 rings (SSSR count). The maximum absolute atomic E-state index is 13.4. The number of hydrogen-bond donors (Lipinski definition) is 9. The molecule has 0 spiro atoms. The van der Waals surface area contributed by atoms with Gasteiger partial charge in [0.15, 0.2) is 0 Å². The van der Waals surface area contributed by atoms with Gasteiger partial charge < -0.3 is 69.6 Å². The molecule has 0 aromatic heterocycles. The summed E-state index contributed by atoms with van der Waals surface area (Å²) in [5.74, 6) is -1.18. The second kappa shape index (κ2) is 14.4. The van der Waals surface area contributed by atoms with Crippen molar-refractivity contribution in [1.29, 1.82) is 0 Å². The lowest BCUT2D eigenvalue weighted by molar-refractivity contribution is -0.277. The molecule has 2 aromatic rings. The fraction of sp³-hybridized carbons (Fsp3) is 0.552. The van der Waals surface area contributed by atoms with Crippen molar-refractivity contribution >= 4 is 16.7 Å². The summed E-state index contributed by atoms with van der Waals surface area (Å²) in [6, 6.07) is 6.31. The van der Waals surface area contributed by atoms with Crippen molar-refractivity contribution in [3.63, 3.8) is 0 Å². The molecule has 0 unspecified atom stereocenters. The lowest BCUT2D eigenvalue weighted by atomic mass is 9.94. The first-order valence-electron chi connectivity index (χ1n) is 13.9. The SMILES string of the molecule is COC(=O)c1c(C/C=C(/C)CO)c(O[C@@H]2O[C@H](CO)[C@@H](O)[C@H](O)[C@H]2O)c2ccccc2c1O[C@@H]1O[C@H](CO)[C@@H](O)[C@H](O)[C@H]1O. The Bertz CT molecular complexity index is 1330. The van der Waals surface area contributed by atoms with Crippen LogP contribution in [0.1, 0.15) is 22.8 Å². The van der Waals surface area contributed by atoms with Crippen molar-refractivity contribution in [2.75, 3.05) is 26.9 Å². The Balaban J connectivity index is 1.94. The van der Waals surface area contributed by atoms with Crippen LogP contribution >= 0.6 is 0 Å². The molecule has 15 nitrogen and oxygen atoms in total. The van der Waals surface area contributed by atoms with Crippen molar-refractivity contribution in [3.8, 4) is 11.5 Å². The molecule has 2 aromatic carbocycles. The maximum Gasteiger partial charge on any atom is 0.342 e. The zero-order chi connectivity index (χ0) is 32.3. The number of fused-ring (bicyclic) bond motifs is 1. The van der Waals surface area contributed by atoms with Crippen molar-refractivity contribution in [2.45, 2.75) is 74.8 Å². The number of hydrogen-bond acceptors (Lipinski definition) is 15. The van der Waals surface area contributed by atoms with Crippen LogP contribution in [0.15, 0.2) is 35.9 Å². The second-order valence-corrected chi connectivity index (χ2v) is 10.6. The highest BCUT2D eigenvalue weighted by Gasteiger charge is 2.47. The first kappa shape index (κ1) is 34.0. The highest BCUT2D eigenvalue weighted by Crippen LogP contribution is 2.44. The van der Waals surface area contributed by atoms with Crippen LogP contribution in [0.4, 0.5) is 0 Å². The molecule has 2 aliphatic rings. The third kappa shape index (κ3) is 6.54. The number of aliphatic hydroxyl groups is 9. The van der Waals surface area contributed by atoms with Gasteiger partial charge in [-0.2, -0.15) is 0 Å². The minimum absolute atomic E-state index is 0.0477. The van der Waals surface area contributed by atoms with Crippen LogP contribution in [0.2, 0.25) is 0 Å². The third-order valence-corrected chi connectivity index (χ3v) is 7.68. The van der Waals surface area contributed by atoms with Gasteiger partial charge >= 0.3 is 5.97 Å². The summed E-state index contributed by atoms with van der Waals surface area (Å²) in [7, 11) is 1.10. The van der Waals surface area contributed by atoms with E-state index in [2.05, 4.69) is 0 Å². The van der Waals surface area contributed by atoms with Crippen LogP contribution in [-0.4, -0.2) is 140 Å². The largest absolute Gasteiger partial charge is 0.465 e. The number of esters is 1. The molecule has 15 heteroatoms. The van der Waals surface area contributed by atoms with E-state index in [0.717, 1.165) is 7.11 Å². The Labute approximate surface area is 251 Å². The normalized spacial score (nSPS) is 32.8. The van der Waals surface area contributed by atoms with Crippen LogP contribution in [0.5, 0.6) is 11.5 Å². The lowest BCUT2D eigenvalue weighted by Crippen LogP contribution is -2.60. The summed E-state index contributed by atoms with van der Waals surface area (Å²) in [6.45, 7) is -0.130. The number of ether oxygens (including phenoxy) is 5. The third-order valence-electron chi connectivity index (χ3n) is 7.68. The molecular formula is C29H38O15. The molecule has 2 fully saturated rings. The topological polar surface area (TPSA) is 245 Å². The summed E-state index contributed by atoms with van der Waals surface area (Å²) in [5, 5.41) is 91.9. The summed E-state index contributed by atoms with van der Waals surface area (Å²) in [4.78, 5) is 13.4. The molecule has 0 saturated carbocycles. The lowest BCUT2D eigenvalue weighted by Gasteiger charge is -2.40. The number of aliphatic hydroxyl groups excluding tert-OH is 9. The van der Waals surface area contributed by atoms with Crippen molar-refractivity contribution < 1.29 is 74.4 Å². The number of carbonyl (C=O) groups excluding carboxylic acids is 1. The first-order chi connectivity index (χ1) is 21.0. The standard InChI is InChI=1S/C29H38O15/c1-12(9-30)7-8-15-18(27(39)40-2)26(44-29-24(38)22(36)20(34)17(11-32)42-29)14-6-4-3-5-13(14)25(15)43-28-23(37)21(35)19(33)16(10-31)41-28/h3-7,16-17,19-24,28-38H,8-11H2,1-2H3/b12-7-/t16-,17-,19-,20-,21+,22+,23-,24-,28+,29+/m1/s1. The Morgan fingerprint density at radius 3 is 1.70 bits per heavy atom. The van der Waals surface area contributed by atoms with E-state index in [1.807, 2.05) is 0 Å². The fourth-order valence-electron chi connectivity index (χ4n) is 5.10. The zero-order valence-electron chi connectivity index (χ0n) is 24.0. The Kier molecular flexibility index (Phi) is 11.1. The molecule has 0 aliphatic carbocycles. The predicted molar refractivity (Wildman–Crippen MR) is 149 cm³/mol. The molecule has 10 atom stereocenters. The van der Waals surface area contributed by atoms with E-state index in [-0.39, 0.29) is 46.4 Å². The number of carbonyl (C=O) groups is 1. The average Bonchev–Trinajstić information content (AvgIpc) is 3.04. The highest BCUT2D eigenvalue weighted by atomic mass is 16.7. The van der Waals surface area contributed by atoms with Crippen LogP contribution in [-0.2, 0) is 20.6 Å². The molecule has 0 amide bonds. The average molecular weight is 627 g/mol. The maximum atomic E-state index is 13.4. The number of rotatable bonds is 10. The van der Waals surface area contributed by atoms with Crippen molar-refractivity contribution in [2.24, 2.45) is 0 Å². The van der Waals surface area contributed by atoms with Gasteiger partial charge in [-0.05, 0) is 13.3 Å². The van der Waals surface area contributed by atoms with E-state index >= 15 is 0 Å². The molecule has 2 saturated heterocycles. The molecule has 2 aliphatic heterocycles. The number of methoxy groups -OCH3 is 1. The van der Waals surface area contributed by atoms with Gasteiger partial charge in [0.25, 0.3) is 0 Å². The van der Waals surface area contributed by atoms with Gasteiger partial charge in [0.05, 0.1) is 26.9 Å². The van der Waals surface area contributed by atoms with Gasteiger partial charge in [0.1, 0.15) is 65.9 Å². The summed E-state index contributed by atoms with van der Waals surface area (Å²) < 4.78 is 28.3. The summed E-state index contributed by atoms with van der Waals surface area (Å²) >= 11 is 0. The Hall–Kier alpha value is -2.93. The minimum atomic E-state index is -1.82. The van der Waals surface area contributed by atoms with Crippen molar-refractivity contribution in [3.05, 3.63) is 47.0 Å². The van der Waals surface area contributed by atoms with Gasteiger partial charge in [0.2, 0.25) is 12.6 Å². The van der Waals surface area contributed by atoms with Crippen LogP contribution in [0, 0.1) is 0 Å². The quantitative estimate of drug-likeness (QED) is 0.0975. The number of allylic oxidation sites excluding steroid dienone is 1. The molecule has 0 bridgehead atoms. The Morgan fingerprint density at radius 1 is 0.773 bits per heavy atom. The molecule has 9 N–H and O–H groups in total. The Morgan fingerprint density at radius 2 is 1.25 bits per heavy atom. The van der Waals surface area contributed by atoms with Gasteiger partial charge in [-0.3, -0.25) is 0 Å². The first-order valence-corrected chi connectivity index (χ1v) is 13.9. The van der Waals surface area contributed by atoms with E-state index in [1.165, 1.54) is 6.07 Å². The minimum Gasteiger partial charge on any atom is -0.465 e. The molecule has 44 heavy (non-hydrogen) atoms. The monoisotopic (exact) mass is 626 g/mol. The van der Waals surface area contributed by atoms with Gasteiger partial charge in [-0.25, -0.2) is 4.79 Å². The zero-order valence-corrected chi connectivity index (χ0v) is 24.0. The van der Waals surface area contributed by atoms with Crippen LogP contribution in [0.3, 0.4) is 0 Å². The van der Waals surface area contributed by atoms with Crippen LogP contribution in [0.25, 0.3) is 10.8 Å². The molecule has 0 radical (unpaired) electrons. The second-order valence-electron chi connectivity index (χ2n) is 10.6. The van der Waals surface area contributed by atoms with Gasteiger partial charge in [-0.15, -0.1) is 0 Å². The molecule has 2 heterocycles. The summed E-state index contributed by atoms with van der Waals surface area (Å²) in [5.41, 5.74) is 0.341. The van der Waals surface area contributed by atoms with Gasteiger partial charge in [0, 0.05) is 16.3 Å². The smallest absolute Gasteiger partial charge is 0.342 e. The van der Waals surface area contributed by atoms with E-state index < -0.39 is 80.6 Å². The predicted octanol–water partition coefficient (Wildman–Crippen LogP) is -2.54. The molecular weight excluding hydrogens is 588 g/mol. The van der Waals surface area contributed by atoms with E-state index in [1.54, 1.807) is 31.2 Å². The number of benzene rings is 2. The van der Waals surface area contributed by atoms with E-state index in [9.17, 15) is 50.8 Å². The van der Waals surface area contributed by atoms with Gasteiger partial charge in [-0.1, -0.05) is 35.9 Å². The van der Waals surface area contributed by atoms with E-state index in [4.69, 9.17) is 23.7 Å². The van der Waals surface area contributed by atoms with Crippen molar-refractivity contribution in [1.82, 2.24) is 0 Å².